The Labute approximate surface area is 175 Å². The molecule has 0 radical (unpaired) electrons. The van der Waals surface area contributed by atoms with Crippen LogP contribution < -0.4 is 10.1 Å². The van der Waals surface area contributed by atoms with Gasteiger partial charge in [-0.05, 0) is 35.9 Å². The van der Waals surface area contributed by atoms with Crippen LogP contribution in [0.25, 0.3) is 23.1 Å². The maximum Gasteiger partial charge on any atom is 0.226 e. The van der Waals surface area contributed by atoms with Crippen LogP contribution in [0.15, 0.2) is 72.8 Å². The van der Waals surface area contributed by atoms with E-state index in [0.29, 0.717) is 17.2 Å². The number of aromatic amines is 1. The van der Waals surface area contributed by atoms with Crippen LogP contribution in [0, 0.1) is 5.92 Å². The molecule has 0 saturated carbocycles. The second kappa shape index (κ2) is 8.66. The first-order valence-electron chi connectivity index (χ1n) is 9.88. The summed E-state index contributed by atoms with van der Waals surface area (Å²) in [6.45, 7) is 3.72. The summed E-state index contributed by atoms with van der Waals surface area (Å²) in [5.41, 5.74) is 3.60. The normalized spacial score (nSPS) is 11.3. The Morgan fingerprint density at radius 3 is 2.57 bits per heavy atom. The fraction of sp³-hybridized carbons (Fsp3) is 0.120. The smallest absolute Gasteiger partial charge is 0.226 e. The molecule has 0 bridgehead atoms. The number of benzene rings is 3. The summed E-state index contributed by atoms with van der Waals surface area (Å²) < 4.78 is 5.99. The molecule has 5 heteroatoms. The summed E-state index contributed by atoms with van der Waals surface area (Å²) in [7, 11) is 0. The minimum absolute atomic E-state index is 0.0258. The van der Waals surface area contributed by atoms with Gasteiger partial charge in [-0.1, -0.05) is 56.3 Å². The van der Waals surface area contributed by atoms with Gasteiger partial charge in [0.2, 0.25) is 5.91 Å². The molecule has 4 rings (SSSR count). The van der Waals surface area contributed by atoms with E-state index in [1.165, 1.54) is 0 Å². The van der Waals surface area contributed by atoms with Gasteiger partial charge in [-0.15, -0.1) is 0 Å². The number of anilines is 1. The maximum absolute atomic E-state index is 11.9. The summed E-state index contributed by atoms with van der Waals surface area (Å²) in [5.74, 6) is 1.24. The average molecular weight is 397 g/mol. The van der Waals surface area contributed by atoms with E-state index in [1.54, 1.807) is 0 Å². The van der Waals surface area contributed by atoms with Gasteiger partial charge in [-0.2, -0.15) is 5.10 Å². The van der Waals surface area contributed by atoms with Gasteiger partial charge >= 0.3 is 0 Å². The van der Waals surface area contributed by atoms with Gasteiger partial charge in [-0.25, -0.2) is 0 Å². The number of carbonyl (C=O) groups excluding carboxylic acids is 1. The number of aromatic nitrogens is 2. The van der Waals surface area contributed by atoms with Gasteiger partial charge < -0.3 is 10.1 Å². The zero-order valence-corrected chi connectivity index (χ0v) is 16.9. The molecular formula is C25H23N3O2. The second-order valence-electron chi connectivity index (χ2n) is 7.33. The second-order valence-corrected chi connectivity index (χ2v) is 7.33. The monoisotopic (exact) mass is 397 g/mol. The average Bonchev–Trinajstić information content (AvgIpc) is 3.15. The molecule has 30 heavy (non-hydrogen) atoms. The Bertz CT molecular complexity index is 1190. The molecule has 4 aromatic rings. The van der Waals surface area contributed by atoms with Gasteiger partial charge in [0.1, 0.15) is 11.5 Å². The molecule has 0 atom stereocenters. The Morgan fingerprint density at radius 2 is 1.77 bits per heavy atom. The van der Waals surface area contributed by atoms with Crippen LogP contribution in [0.2, 0.25) is 0 Å². The molecule has 0 fully saturated rings. The van der Waals surface area contributed by atoms with Gasteiger partial charge in [0.05, 0.1) is 11.2 Å². The van der Waals surface area contributed by atoms with Crippen molar-refractivity contribution in [2.24, 2.45) is 5.92 Å². The number of amides is 1. The number of nitrogens with zero attached hydrogens (tertiary/aromatic N) is 1. The molecule has 0 aliphatic heterocycles. The Kier molecular flexibility index (Phi) is 5.61. The molecule has 1 aromatic heterocycles. The van der Waals surface area contributed by atoms with Crippen LogP contribution >= 0.6 is 0 Å². The third-order valence-corrected chi connectivity index (χ3v) is 4.66. The third-order valence-electron chi connectivity index (χ3n) is 4.66. The Balaban J connectivity index is 1.51. The van der Waals surface area contributed by atoms with Crippen molar-refractivity contribution in [1.82, 2.24) is 10.2 Å². The zero-order valence-electron chi connectivity index (χ0n) is 16.9. The molecule has 150 valence electrons. The van der Waals surface area contributed by atoms with Crippen molar-refractivity contribution in [1.29, 1.82) is 0 Å². The van der Waals surface area contributed by atoms with Crippen LogP contribution in [0.3, 0.4) is 0 Å². The van der Waals surface area contributed by atoms with E-state index in [1.807, 2.05) is 86.7 Å². The quantitative estimate of drug-likeness (QED) is 0.412. The van der Waals surface area contributed by atoms with Crippen molar-refractivity contribution in [3.05, 3.63) is 84.1 Å². The summed E-state index contributed by atoms with van der Waals surface area (Å²) in [4.78, 5) is 11.9. The summed E-state index contributed by atoms with van der Waals surface area (Å²) in [6.07, 6.45) is 4.03. The zero-order chi connectivity index (χ0) is 20.9. The molecule has 1 amide bonds. The fourth-order valence-corrected chi connectivity index (χ4v) is 3.01. The Hall–Kier alpha value is -3.86. The lowest BCUT2D eigenvalue weighted by molar-refractivity contribution is -0.118. The lowest BCUT2D eigenvalue weighted by Gasteiger charge is -2.10. The Morgan fingerprint density at radius 1 is 0.967 bits per heavy atom. The molecular weight excluding hydrogens is 374 g/mol. The molecule has 2 N–H and O–H groups in total. The van der Waals surface area contributed by atoms with E-state index in [0.717, 1.165) is 22.2 Å². The number of rotatable bonds is 6. The molecule has 0 aliphatic carbocycles. The standard InChI is InChI=1S/C25H23N3O2/c1-17(2)25(29)26-19-9-6-10-20(15-19)30-21-12-13-22-23(27-28-24(22)16-21)14-11-18-7-4-3-5-8-18/h3-17H,1-2H3,(H,26,29)(H,27,28)/b14-11+. The molecule has 0 spiro atoms. The summed E-state index contributed by atoms with van der Waals surface area (Å²) >= 11 is 0. The molecule has 0 aliphatic rings. The highest BCUT2D eigenvalue weighted by atomic mass is 16.5. The first-order valence-corrected chi connectivity index (χ1v) is 9.88. The van der Waals surface area contributed by atoms with Crippen LogP contribution in [-0.2, 0) is 4.79 Å². The van der Waals surface area contributed by atoms with Gasteiger partial charge in [0.25, 0.3) is 0 Å². The van der Waals surface area contributed by atoms with Gasteiger partial charge in [0.15, 0.2) is 0 Å². The van der Waals surface area contributed by atoms with Crippen molar-refractivity contribution in [2.45, 2.75) is 13.8 Å². The molecule has 5 nitrogen and oxygen atoms in total. The van der Waals surface area contributed by atoms with Crippen molar-refractivity contribution in [2.75, 3.05) is 5.32 Å². The van der Waals surface area contributed by atoms with Crippen molar-refractivity contribution < 1.29 is 9.53 Å². The van der Waals surface area contributed by atoms with Crippen LogP contribution in [0.1, 0.15) is 25.1 Å². The predicted molar refractivity (Wildman–Crippen MR) is 121 cm³/mol. The highest BCUT2D eigenvalue weighted by molar-refractivity contribution is 5.92. The number of nitrogens with one attached hydrogen (secondary N) is 2. The first-order chi connectivity index (χ1) is 14.6. The number of carbonyl (C=O) groups is 1. The highest BCUT2D eigenvalue weighted by Crippen LogP contribution is 2.28. The first kappa shape index (κ1) is 19.5. The van der Waals surface area contributed by atoms with E-state index in [4.69, 9.17) is 4.74 Å². The minimum Gasteiger partial charge on any atom is -0.457 e. The fourth-order valence-electron chi connectivity index (χ4n) is 3.01. The topological polar surface area (TPSA) is 67.0 Å². The lowest BCUT2D eigenvalue weighted by atomic mass is 10.1. The number of ether oxygens (including phenoxy) is 1. The predicted octanol–water partition coefficient (Wildman–Crippen LogP) is 6.12. The van der Waals surface area contributed by atoms with E-state index < -0.39 is 0 Å². The van der Waals surface area contributed by atoms with E-state index in [-0.39, 0.29) is 11.8 Å². The van der Waals surface area contributed by atoms with Crippen molar-refractivity contribution >= 4 is 34.6 Å². The molecule has 1 heterocycles. The van der Waals surface area contributed by atoms with E-state index in [2.05, 4.69) is 27.6 Å². The van der Waals surface area contributed by atoms with Crippen molar-refractivity contribution in [3.63, 3.8) is 0 Å². The lowest BCUT2D eigenvalue weighted by Crippen LogP contribution is -2.17. The minimum atomic E-state index is -0.0810. The number of hydrogen-bond acceptors (Lipinski definition) is 3. The number of hydrogen-bond donors (Lipinski definition) is 2. The summed E-state index contributed by atoms with van der Waals surface area (Å²) in [5, 5.41) is 11.4. The summed E-state index contributed by atoms with van der Waals surface area (Å²) in [6, 6.07) is 23.3. The molecule has 0 unspecified atom stereocenters. The van der Waals surface area contributed by atoms with E-state index in [9.17, 15) is 4.79 Å². The highest BCUT2D eigenvalue weighted by Gasteiger charge is 2.09. The molecule has 0 saturated heterocycles. The number of H-pyrrole nitrogens is 1. The maximum atomic E-state index is 11.9. The van der Waals surface area contributed by atoms with Gasteiger partial charge in [-0.3, -0.25) is 9.89 Å². The van der Waals surface area contributed by atoms with Crippen LogP contribution in [0.4, 0.5) is 5.69 Å². The van der Waals surface area contributed by atoms with Crippen LogP contribution in [0.5, 0.6) is 11.5 Å². The largest absolute Gasteiger partial charge is 0.457 e. The molecule has 3 aromatic carbocycles. The van der Waals surface area contributed by atoms with Crippen LogP contribution in [-0.4, -0.2) is 16.1 Å². The number of fused-ring (bicyclic) bond motifs is 1. The van der Waals surface area contributed by atoms with E-state index >= 15 is 0 Å². The SMILES string of the molecule is CC(C)C(=O)Nc1cccc(Oc2ccc3c(/C=C/c4ccccc4)n[nH]c3c2)c1. The third kappa shape index (κ3) is 4.58. The van der Waals surface area contributed by atoms with Crippen molar-refractivity contribution in [3.8, 4) is 11.5 Å². The van der Waals surface area contributed by atoms with Gasteiger partial charge in [0, 0.05) is 29.1 Å².